The second-order valence-electron chi connectivity index (χ2n) is 2.14. The molecule has 1 heterocycles. The molecule has 0 unspecified atom stereocenters. The zero-order valence-corrected chi connectivity index (χ0v) is 5.83. The van der Waals surface area contributed by atoms with Gasteiger partial charge in [0.2, 0.25) is 0 Å². The SMILES string of the molecule is Cc1nc(CO)ccc1N. The van der Waals surface area contributed by atoms with Crippen LogP contribution in [0.1, 0.15) is 11.4 Å². The number of anilines is 1. The largest absolute Gasteiger partial charge is 0.397 e. The number of aliphatic hydroxyl groups excluding tert-OH is 1. The van der Waals surface area contributed by atoms with Crippen molar-refractivity contribution in [3.63, 3.8) is 0 Å². The summed E-state index contributed by atoms with van der Waals surface area (Å²) in [5.41, 5.74) is 7.59. The summed E-state index contributed by atoms with van der Waals surface area (Å²) in [5, 5.41) is 8.65. The van der Waals surface area contributed by atoms with Crippen LogP contribution in [0, 0.1) is 6.92 Å². The van der Waals surface area contributed by atoms with E-state index < -0.39 is 0 Å². The lowest BCUT2D eigenvalue weighted by molar-refractivity contribution is 0.276. The summed E-state index contributed by atoms with van der Waals surface area (Å²) in [4.78, 5) is 4.02. The second-order valence-corrected chi connectivity index (χ2v) is 2.14. The van der Waals surface area contributed by atoms with Gasteiger partial charge in [-0.3, -0.25) is 4.98 Å². The van der Waals surface area contributed by atoms with Crippen LogP contribution in [0.2, 0.25) is 0 Å². The van der Waals surface area contributed by atoms with Crippen molar-refractivity contribution in [2.24, 2.45) is 0 Å². The zero-order valence-electron chi connectivity index (χ0n) is 5.83. The van der Waals surface area contributed by atoms with E-state index in [9.17, 15) is 0 Å². The predicted octanol–water partition coefficient (Wildman–Crippen LogP) is 0.465. The highest BCUT2D eigenvalue weighted by Gasteiger charge is 1.95. The molecule has 1 aromatic rings. The van der Waals surface area contributed by atoms with Gasteiger partial charge in [-0.1, -0.05) is 0 Å². The topological polar surface area (TPSA) is 59.1 Å². The monoisotopic (exact) mass is 138 g/mol. The Hall–Kier alpha value is -1.09. The molecule has 0 saturated heterocycles. The van der Waals surface area contributed by atoms with Gasteiger partial charge in [0.25, 0.3) is 0 Å². The van der Waals surface area contributed by atoms with Crippen LogP contribution in [0.3, 0.4) is 0 Å². The maximum absolute atomic E-state index is 8.65. The molecule has 0 bridgehead atoms. The van der Waals surface area contributed by atoms with Crippen LogP contribution in [0.4, 0.5) is 5.69 Å². The minimum Gasteiger partial charge on any atom is -0.397 e. The standard InChI is InChI=1S/C7H10N2O/c1-5-7(8)3-2-6(4-10)9-5/h2-3,10H,4,8H2,1H3. The smallest absolute Gasteiger partial charge is 0.0853 e. The third-order valence-corrected chi connectivity index (χ3v) is 1.35. The van der Waals surface area contributed by atoms with Crippen LogP contribution in [-0.2, 0) is 6.61 Å². The number of aryl methyl sites for hydroxylation is 1. The fraction of sp³-hybridized carbons (Fsp3) is 0.286. The minimum absolute atomic E-state index is 0.0267. The van der Waals surface area contributed by atoms with Crippen molar-refractivity contribution < 1.29 is 5.11 Å². The van der Waals surface area contributed by atoms with Crippen molar-refractivity contribution in [3.8, 4) is 0 Å². The maximum Gasteiger partial charge on any atom is 0.0853 e. The van der Waals surface area contributed by atoms with Crippen LogP contribution in [0.5, 0.6) is 0 Å². The first-order valence-electron chi connectivity index (χ1n) is 3.07. The van der Waals surface area contributed by atoms with Gasteiger partial charge in [-0.05, 0) is 19.1 Å². The molecule has 1 aromatic heterocycles. The Morgan fingerprint density at radius 3 is 2.80 bits per heavy atom. The third kappa shape index (κ3) is 1.25. The molecule has 0 radical (unpaired) electrons. The highest BCUT2D eigenvalue weighted by Crippen LogP contribution is 2.07. The molecule has 0 saturated carbocycles. The third-order valence-electron chi connectivity index (χ3n) is 1.35. The number of nitrogens with two attached hydrogens (primary N) is 1. The second kappa shape index (κ2) is 2.66. The van der Waals surface area contributed by atoms with E-state index in [0.29, 0.717) is 11.4 Å². The Balaban J connectivity index is 3.04. The lowest BCUT2D eigenvalue weighted by Crippen LogP contribution is -1.96. The Labute approximate surface area is 59.5 Å². The molecular weight excluding hydrogens is 128 g/mol. The number of rotatable bonds is 1. The van der Waals surface area contributed by atoms with Gasteiger partial charge in [-0.25, -0.2) is 0 Å². The fourth-order valence-electron chi connectivity index (χ4n) is 0.712. The number of pyridine rings is 1. The minimum atomic E-state index is -0.0267. The summed E-state index contributed by atoms with van der Waals surface area (Å²) in [7, 11) is 0. The van der Waals surface area contributed by atoms with Crippen molar-refractivity contribution in [1.82, 2.24) is 4.98 Å². The van der Waals surface area contributed by atoms with Crippen LogP contribution in [0.25, 0.3) is 0 Å². The van der Waals surface area contributed by atoms with Gasteiger partial charge >= 0.3 is 0 Å². The van der Waals surface area contributed by atoms with E-state index in [1.165, 1.54) is 0 Å². The first kappa shape index (κ1) is 7.02. The molecule has 54 valence electrons. The molecule has 0 aliphatic carbocycles. The number of hydrogen-bond acceptors (Lipinski definition) is 3. The fourth-order valence-corrected chi connectivity index (χ4v) is 0.712. The molecule has 0 atom stereocenters. The van der Waals surface area contributed by atoms with Crippen molar-refractivity contribution >= 4 is 5.69 Å². The van der Waals surface area contributed by atoms with Crippen molar-refractivity contribution in [2.75, 3.05) is 5.73 Å². The van der Waals surface area contributed by atoms with Crippen LogP contribution in [0.15, 0.2) is 12.1 Å². The van der Waals surface area contributed by atoms with E-state index in [1.54, 1.807) is 12.1 Å². The lowest BCUT2D eigenvalue weighted by atomic mass is 10.3. The molecule has 3 nitrogen and oxygen atoms in total. The lowest BCUT2D eigenvalue weighted by Gasteiger charge is -1.99. The highest BCUT2D eigenvalue weighted by atomic mass is 16.3. The van der Waals surface area contributed by atoms with Gasteiger partial charge < -0.3 is 10.8 Å². The van der Waals surface area contributed by atoms with Crippen molar-refractivity contribution in [2.45, 2.75) is 13.5 Å². The van der Waals surface area contributed by atoms with E-state index in [1.807, 2.05) is 6.92 Å². The number of aromatic nitrogens is 1. The quantitative estimate of drug-likeness (QED) is 0.592. The number of aliphatic hydroxyl groups is 1. The Kier molecular flexibility index (Phi) is 1.87. The first-order valence-corrected chi connectivity index (χ1v) is 3.07. The van der Waals surface area contributed by atoms with Gasteiger partial charge in [0, 0.05) is 0 Å². The molecule has 0 aliphatic heterocycles. The van der Waals surface area contributed by atoms with E-state index in [-0.39, 0.29) is 6.61 Å². The molecule has 3 heteroatoms. The van der Waals surface area contributed by atoms with Gasteiger partial charge in [0.15, 0.2) is 0 Å². The Bertz CT molecular complexity index is 235. The van der Waals surface area contributed by atoms with E-state index in [0.717, 1.165) is 5.69 Å². The molecule has 0 spiro atoms. The van der Waals surface area contributed by atoms with Crippen LogP contribution >= 0.6 is 0 Å². The Morgan fingerprint density at radius 1 is 1.60 bits per heavy atom. The van der Waals surface area contributed by atoms with Crippen molar-refractivity contribution in [1.29, 1.82) is 0 Å². The average molecular weight is 138 g/mol. The van der Waals surface area contributed by atoms with Gasteiger partial charge in [-0.2, -0.15) is 0 Å². The Morgan fingerprint density at radius 2 is 2.30 bits per heavy atom. The number of nitrogens with zero attached hydrogens (tertiary/aromatic N) is 1. The summed E-state index contributed by atoms with van der Waals surface area (Å²) in [6.45, 7) is 1.79. The summed E-state index contributed by atoms with van der Waals surface area (Å²) < 4.78 is 0. The number of hydrogen-bond donors (Lipinski definition) is 2. The molecule has 1 rings (SSSR count). The predicted molar refractivity (Wildman–Crippen MR) is 39.3 cm³/mol. The first-order chi connectivity index (χ1) is 4.74. The molecule has 0 fully saturated rings. The normalized spacial score (nSPS) is 9.80. The summed E-state index contributed by atoms with van der Waals surface area (Å²) in [6, 6.07) is 3.45. The molecule has 0 amide bonds. The van der Waals surface area contributed by atoms with E-state index >= 15 is 0 Å². The maximum atomic E-state index is 8.65. The molecule has 0 aliphatic rings. The molecule has 0 aromatic carbocycles. The average Bonchev–Trinajstić information content (AvgIpc) is 1.95. The number of nitrogen functional groups attached to an aromatic ring is 1. The van der Waals surface area contributed by atoms with Gasteiger partial charge in [0.05, 0.1) is 23.7 Å². The summed E-state index contributed by atoms with van der Waals surface area (Å²) in [6.07, 6.45) is 0. The van der Waals surface area contributed by atoms with Gasteiger partial charge in [-0.15, -0.1) is 0 Å². The van der Waals surface area contributed by atoms with Crippen LogP contribution in [-0.4, -0.2) is 10.1 Å². The zero-order chi connectivity index (χ0) is 7.56. The molecular formula is C7H10N2O. The van der Waals surface area contributed by atoms with Gasteiger partial charge in [0.1, 0.15) is 0 Å². The van der Waals surface area contributed by atoms with E-state index in [4.69, 9.17) is 10.8 Å². The molecule has 10 heavy (non-hydrogen) atoms. The molecule has 3 N–H and O–H groups in total. The highest BCUT2D eigenvalue weighted by molar-refractivity contribution is 5.42. The van der Waals surface area contributed by atoms with Crippen molar-refractivity contribution in [3.05, 3.63) is 23.5 Å². The van der Waals surface area contributed by atoms with E-state index in [2.05, 4.69) is 4.98 Å². The summed E-state index contributed by atoms with van der Waals surface area (Å²) >= 11 is 0. The summed E-state index contributed by atoms with van der Waals surface area (Å²) in [5.74, 6) is 0. The van der Waals surface area contributed by atoms with Crippen LogP contribution < -0.4 is 5.73 Å².